The summed E-state index contributed by atoms with van der Waals surface area (Å²) in [5, 5.41) is 2.65. The summed E-state index contributed by atoms with van der Waals surface area (Å²) >= 11 is 0. The Hall–Kier alpha value is -3.47. The normalized spacial score (nSPS) is 23.2. The van der Waals surface area contributed by atoms with Crippen molar-refractivity contribution in [2.75, 3.05) is 28.7 Å². The summed E-state index contributed by atoms with van der Waals surface area (Å²) in [4.78, 5) is 69.6. The summed E-state index contributed by atoms with van der Waals surface area (Å²) in [5.74, 6) is -4.71. The van der Waals surface area contributed by atoms with Crippen LogP contribution in [0.1, 0.15) is 69.2 Å². The quantitative estimate of drug-likeness (QED) is 0.549. The van der Waals surface area contributed by atoms with Crippen LogP contribution in [0.25, 0.3) is 0 Å². The van der Waals surface area contributed by atoms with Gasteiger partial charge in [-0.25, -0.2) is 9.80 Å². The first-order chi connectivity index (χ1) is 17.5. The highest BCUT2D eigenvalue weighted by molar-refractivity contribution is 6.22. The Balaban J connectivity index is 0.000000784. The summed E-state index contributed by atoms with van der Waals surface area (Å²) in [6.07, 6.45) is 0. The number of rotatable bonds is 1. The minimum Gasteiger partial charge on any atom is -0.333 e. The molecule has 3 fully saturated rings. The molecule has 3 saturated heterocycles. The van der Waals surface area contributed by atoms with Crippen molar-refractivity contribution in [2.24, 2.45) is 11.7 Å². The molecule has 0 saturated carbocycles. The van der Waals surface area contributed by atoms with Crippen LogP contribution in [0.4, 0.5) is 17.1 Å². The van der Waals surface area contributed by atoms with Crippen LogP contribution in [-0.2, 0) is 24.0 Å². The second-order valence-electron chi connectivity index (χ2n) is 8.23. The first-order valence-corrected chi connectivity index (χ1v) is 12.9. The van der Waals surface area contributed by atoms with Crippen LogP contribution >= 0.6 is 0 Å². The lowest BCUT2D eigenvalue weighted by Gasteiger charge is -2.50. The number of amides is 5. The molecule has 37 heavy (non-hydrogen) atoms. The molecule has 0 aromatic heterocycles. The first-order valence-electron chi connectivity index (χ1n) is 12.9. The Bertz CT molecular complexity index is 1070. The van der Waals surface area contributed by atoms with Crippen molar-refractivity contribution < 1.29 is 24.0 Å². The van der Waals surface area contributed by atoms with Crippen LogP contribution in [-0.4, -0.2) is 64.4 Å². The van der Waals surface area contributed by atoms with Crippen LogP contribution in [0.2, 0.25) is 0 Å². The minimum atomic E-state index is -1.66. The van der Waals surface area contributed by atoms with Crippen molar-refractivity contribution in [3.63, 3.8) is 0 Å². The third kappa shape index (κ3) is 4.14. The van der Waals surface area contributed by atoms with Gasteiger partial charge in [-0.05, 0) is 46.0 Å². The molecule has 11 nitrogen and oxygen atoms in total. The van der Waals surface area contributed by atoms with Gasteiger partial charge in [-0.1, -0.05) is 41.5 Å². The van der Waals surface area contributed by atoms with Crippen LogP contribution in [0.5, 0.6) is 0 Å². The standard InChI is InChI=1S/C19H19N5O5.3C2H6.CH5N/c1-9-15(27)21-8-14(26)22-13-7-11(20-10(2)25)5-6-12(13)23-17(29)18(3,4)24(16(9)28)19(21,22)23;4*1-2/h5-7,9H,8H2,1-4H3,(H,20,25);3*1-2H3;2H2,1H3. The average Bonchev–Trinajstić information content (AvgIpc) is 3.42. The van der Waals surface area contributed by atoms with Crippen LogP contribution < -0.4 is 20.9 Å². The summed E-state index contributed by atoms with van der Waals surface area (Å²) < 4.78 is 0. The Morgan fingerprint density at radius 2 is 1.46 bits per heavy atom. The van der Waals surface area contributed by atoms with Crippen molar-refractivity contribution in [1.82, 2.24) is 9.80 Å². The maximum atomic E-state index is 13.5. The maximum Gasteiger partial charge on any atom is 0.297 e. The van der Waals surface area contributed by atoms with Gasteiger partial charge in [0.1, 0.15) is 18.0 Å². The van der Waals surface area contributed by atoms with Crippen molar-refractivity contribution >= 4 is 46.6 Å². The molecule has 0 radical (unpaired) electrons. The van der Waals surface area contributed by atoms with Gasteiger partial charge in [-0.3, -0.25) is 33.8 Å². The largest absolute Gasteiger partial charge is 0.333 e. The van der Waals surface area contributed by atoms with Gasteiger partial charge in [0.2, 0.25) is 17.7 Å². The van der Waals surface area contributed by atoms with E-state index in [1.165, 1.54) is 40.5 Å². The van der Waals surface area contributed by atoms with E-state index < -0.39 is 35.1 Å². The van der Waals surface area contributed by atoms with E-state index in [-0.39, 0.29) is 18.4 Å². The number of nitrogens with two attached hydrogens (primary N) is 1. The van der Waals surface area contributed by atoms with Gasteiger partial charge in [0.15, 0.2) is 0 Å². The molecule has 2 unspecified atom stereocenters. The Morgan fingerprint density at radius 3 is 1.97 bits per heavy atom. The number of anilines is 3. The van der Waals surface area contributed by atoms with Crippen molar-refractivity contribution in [1.29, 1.82) is 0 Å². The topological polar surface area (TPSA) is 136 Å². The third-order valence-electron chi connectivity index (χ3n) is 6.10. The molecule has 11 heteroatoms. The van der Waals surface area contributed by atoms with Gasteiger partial charge in [-0.2, -0.15) is 0 Å². The fourth-order valence-corrected chi connectivity index (χ4v) is 4.94. The second kappa shape index (κ2) is 11.7. The highest BCUT2D eigenvalue weighted by Gasteiger charge is 2.79. The molecule has 0 aliphatic carbocycles. The van der Waals surface area contributed by atoms with E-state index in [9.17, 15) is 24.0 Å². The SMILES string of the molecule is CC.CC.CC.CC(=O)Nc1ccc2c(c1)N1C(=O)CN3C(=O)C(C)C(=O)N4C(C)(C)C(=O)N2C314.CN. The molecule has 5 rings (SSSR count). The summed E-state index contributed by atoms with van der Waals surface area (Å²) in [6, 6.07) is 4.81. The van der Waals surface area contributed by atoms with E-state index in [2.05, 4.69) is 11.1 Å². The monoisotopic (exact) mass is 518 g/mol. The molecule has 0 bridgehead atoms. The molecule has 2 atom stereocenters. The number of hydrogen-bond acceptors (Lipinski definition) is 6. The number of nitrogens with zero attached hydrogens (tertiary/aromatic N) is 4. The molecule has 1 aromatic carbocycles. The van der Waals surface area contributed by atoms with Crippen LogP contribution in [0.3, 0.4) is 0 Å². The Morgan fingerprint density at radius 1 is 0.919 bits per heavy atom. The summed E-state index contributed by atoms with van der Waals surface area (Å²) in [5.41, 5.74) is 4.47. The van der Waals surface area contributed by atoms with Gasteiger partial charge in [-0.15, -0.1) is 0 Å². The van der Waals surface area contributed by atoms with Crippen molar-refractivity contribution in [3.05, 3.63) is 18.2 Å². The average molecular weight is 519 g/mol. The lowest BCUT2D eigenvalue weighted by molar-refractivity contribution is -0.175. The van der Waals surface area contributed by atoms with Crippen LogP contribution in [0.15, 0.2) is 18.2 Å². The predicted octanol–water partition coefficient (Wildman–Crippen LogP) is 2.70. The van der Waals surface area contributed by atoms with Gasteiger partial charge in [0.25, 0.3) is 17.7 Å². The van der Waals surface area contributed by atoms with E-state index in [1.54, 1.807) is 32.0 Å². The number of carbonyl (C=O) groups excluding carboxylic acids is 5. The van der Waals surface area contributed by atoms with Crippen molar-refractivity contribution in [2.45, 2.75) is 80.7 Å². The number of benzene rings is 1. The number of nitrogens with one attached hydrogen (secondary N) is 1. The molecule has 3 N–H and O–H groups in total. The molecule has 1 aromatic rings. The van der Waals surface area contributed by atoms with E-state index in [0.717, 1.165) is 0 Å². The Kier molecular flexibility index (Phi) is 10.00. The summed E-state index contributed by atoms with van der Waals surface area (Å²) in [6.45, 7) is 17.8. The number of carbonyl (C=O) groups is 5. The van der Waals surface area contributed by atoms with Crippen molar-refractivity contribution in [3.8, 4) is 0 Å². The Labute approximate surface area is 219 Å². The fourth-order valence-electron chi connectivity index (χ4n) is 4.94. The molecular weight excluding hydrogens is 476 g/mol. The molecule has 1 spiro atoms. The second-order valence-corrected chi connectivity index (χ2v) is 8.23. The van der Waals surface area contributed by atoms with E-state index in [1.807, 2.05) is 41.5 Å². The highest BCUT2D eigenvalue weighted by Crippen LogP contribution is 2.59. The zero-order valence-electron chi connectivity index (χ0n) is 23.9. The fraction of sp³-hybridized carbons (Fsp3) is 0.577. The highest BCUT2D eigenvalue weighted by atomic mass is 16.2. The van der Waals surface area contributed by atoms with Gasteiger partial charge in [0.05, 0.1) is 11.4 Å². The lowest BCUT2D eigenvalue weighted by atomic mass is 9.97. The molecule has 206 valence electrons. The smallest absolute Gasteiger partial charge is 0.297 e. The van der Waals surface area contributed by atoms with Gasteiger partial charge in [0, 0.05) is 12.6 Å². The zero-order valence-corrected chi connectivity index (χ0v) is 23.9. The maximum absolute atomic E-state index is 13.5. The van der Waals surface area contributed by atoms with E-state index in [0.29, 0.717) is 17.1 Å². The lowest BCUT2D eigenvalue weighted by Crippen LogP contribution is -2.76. The molecular formula is C26H42N6O5. The predicted molar refractivity (Wildman–Crippen MR) is 144 cm³/mol. The molecule has 4 aliphatic rings. The first kappa shape index (κ1) is 31.6. The zero-order chi connectivity index (χ0) is 29.0. The molecule has 4 aliphatic heterocycles. The van der Waals surface area contributed by atoms with Gasteiger partial charge < -0.3 is 11.1 Å². The minimum absolute atomic E-state index is 0.239. The molecule has 5 amide bonds. The van der Waals surface area contributed by atoms with E-state index in [4.69, 9.17) is 0 Å². The van der Waals surface area contributed by atoms with Crippen LogP contribution in [0, 0.1) is 5.92 Å². The van der Waals surface area contributed by atoms with Gasteiger partial charge >= 0.3 is 0 Å². The summed E-state index contributed by atoms with van der Waals surface area (Å²) in [7, 11) is 1.50. The molecule has 4 heterocycles. The number of hydrogen-bond donors (Lipinski definition) is 2. The van der Waals surface area contributed by atoms with E-state index >= 15 is 0 Å². The number of fused-ring (bicyclic) bond motifs is 3. The third-order valence-corrected chi connectivity index (χ3v) is 6.10.